The number of benzene rings is 2. The lowest BCUT2D eigenvalue weighted by Crippen LogP contribution is -2.19. The minimum absolute atomic E-state index is 0.207. The van der Waals surface area contributed by atoms with Crippen LogP contribution in [0.4, 0.5) is 5.69 Å². The standard InChI is InChI=1S/C21H15ClN2O3S/c1-26-16-8-6-15(7-9-16)23-21-24-20(25)19(28-21)12-17-10-11-18(27-17)13-2-4-14(22)5-3-13/h2-12H,1H3,(H,23,24,25)/b19-12-. The lowest BCUT2D eigenvalue weighted by molar-refractivity contribution is -0.115. The third-order valence-electron chi connectivity index (χ3n) is 3.98. The number of carbonyl (C=O) groups is 1. The van der Waals surface area contributed by atoms with Crippen molar-refractivity contribution in [3.05, 3.63) is 76.4 Å². The molecule has 0 atom stereocenters. The van der Waals surface area contributed by atoms with Crippen molar-refractivity contribution in [3.63, 3.8) is 0 Å². The minimum Gasteiger partial charge on any atom is -0.497 e. The molecule has 1 N–H and O–H groups in total. The Bertz CT molecular complexity index is 1070. The van der Waals surface area contributed by atoms with Crippen molar-refractivity contribution in [3.8, 4) is 17.1 Å². The van der Waals surface area contributed by atoms with Crippen LogP contribution in [0.2, 0.25) is 5.02 Å². The SMILES string of the molecule is COc1ccc(N=C2NC(=O)/C(=C/c3ccc(-c4ccc(Cl)cc4)o3)S2)cc1. The normalized spacial score (nSPS) is 16.6. The van der Waals surface area contributed by atoms with Crippen LogP contribution in [0.25, 0.3) is 17.4 Å². The summed E-state index contributed by atoms with van der Waals surface area (Å²) in [7, 11) is 1.61. The molecule has 0 radical (unpaired) electrons. The second-order valence-electron chi connectivity index (χ2n) is 5.89. The molecule has 1 saturated heterocycles. The predicted molar refractivity (Wildman–Crippen MR) is 113 cm³/mol. The molecule has 0 aliphatic carbocycles. The van der Waals surface area contributed by atoms with Crippen LogP contribution in [0.5, 0.6) is 5.75 Å². The molecular weight excluding hydrogens is 396 g/mol. The Morgan fingerprint density at radius 1 is 1.07 bits per heavy atom. The van der Waals surface area contributed by atoms with Gasteiger partial charge in [-0.1, -0.05) is 11.6 Å². The van der Waals surface area contributed by atoms with Gasteiger partial charge < -0.3 is 14.5 Å². The molecule has 2 heterocycles. The number of carbonyl (C=O) groups excluding carboxylic acids is 1. The van der Waals surface area contributed by atoms with Gasteiger partial charge in [0.2, 0.25) is 0 Å². The summed E-state index contributed by atoms with van der Waals surface area (Å²) in [6.45, 7) is 0. The molecule has 1 amide bonds. The van der Waals surface area contributed by atoms with Crippen molar-refractivity contribution in [2.45, 2.75) is 0 Å². The topological polar surface area (TPSA) is 63.8 Å². The molecule has 7 heteroatoms. The summed E-state index contributed by atoms with van der Waals surface area (Å²) in [5, 5.41) is 3.95. The Kier molecular flexibility index (Phi) is 5.23. The monoisotopic (exact) mass is 410 g/mol. The Morgan fingerprint density at radius 2 is 1.82 bits per heavy atom. The number of amidine groups is 1. The zero-order valence-corrected chi connectivity index (χ0v) is 16.4. The first-order valence-corrected chi connectivity index (χ1v) is 9.59. The number of hydrogen-bond donors (Lipinski definition) is 1. The van der Waals surface area contributed by atoms with Gasteiger partial charge in [0.05, 0.1) is 17.7 Å². The molecule has 0 spiro atoms. The van der Waals surface area contributed by atoms with E-state index in [9.17, 15) is 4.79 Å². The highest BCUT2D eigenvalue weighted by atomic mass is 35.5. The van der Waals surface area contributed by atoms with Crippen LogP contribution in [0, 0.1) is 0 Å². The molecule has 0 unspecified atom stereocenters. The van der Waals surface area contributed by atoms with E-state index >= 15 is 0 Å². The first-order valence-electron chi connectivity index (χ1n) is 8.40. The number of nitrogens with one attached hydrogen (secondary N) is 1. The van der Waals surface area contributed by atoms with Gasteiger partial charge in [-0.2, -0.15) is 0 Å². The summed E-state index contributed by atoms with van der Waals surface area (Å²) >= 11 is 7.18. The number of amides is 1. The molecule has 1 fully saturated rings. The Balaban J connectivity index is 1.51. The lowest BCUT2D eigenvalue weighted by atomic mass is 10.2. The average Bonchev–Trinajstić information content (AvgIpc) is 3.30. The van der Waals surface area contributed by atoms with Crippen LogP contribution in [0.15, 0.2) is 75.0 Å². The molecular formula is C21H15ClN2O3S. The highest BCUT2D eigenvalue weighted by Crippen LogP contribution is 2.30. The van der Waals surface area contributed by atoms with Gasteiger partial charge in [-0.05, 0) is 72.4 Å². The summed E-state index contributed by atoms with van der Waals surface area (Å²) in [6, 6.07) is 18.3. The van der Waals surface area contributed by atoms with Gasteiger partial charge in [0.25, 0.3) is 5.91 Å². The number of halogens is 1. The van der Waals surface area contributed by atoms with E-state index in [1.807, 2.05) is 48.5 Å². The number of ether oxygens (including phenoxy) is 1. The number of furan rings is 1. The van der Waals surface area contributed by atoms with E-state index in [1.165, 1.54) is 11.8 Å². The van der Waals surface area contributed by atoms with Crippen molar-refractivity contribution in [2.75, 3.05) is 7.11 Å². The van der Waals surface area contributed by atoms with Crippen LogP contribution < -0.4 is 10.1 Å². The second kappa shape index (κ2) is 7.96. The molecule has 0 saturated carbocycles. The van der Waals surface area contributed by atoms with Gasteiger partial charge in [0.1, 0.15) is 17.3 Å². The summed E-state index contributed by atoms with van der Waals surface area (Å²) in [6.07, 6.45) is 1.70. The quantitative estimate of drug-likeness (QED) is 0.577. The number of aliphatic imine (C=N–C) groups is 1. The third-order valence-corrected chi connectivity index (χ3v) is 5.14. The highest BCUT2D eigenvalue weighted by molar-refractivity contribution is 8.18. The third kappa shape index (κ3) is 4.13. The molecule has 1 aromatic heterocycles. The molecule has 28 heavy (non-hydrogen) atoms. The second-order valence-corrected chi connectivity index (χ2v) is 7.36. The van der Waals surface area contributed by atoms with E-state index in [1.54, 1.807) is 25.3 Å². The zero-order chi connectivity index (χ0) is 19.5. The summed E-state index contributed by atoms with van der Waals surface area (Å²) in [5.41, 5.74) is 1.65. The van der Waals surface area contributed by atoms with Gasteiger partial charge >= 0.3 is 0 Å². The summed E-state index contributed by atoms with van der Waals surface area (Å²) in [4.78, 5) is 17.2. The van der Waals surface area contributed by atoms with Gasteiger partial charge in [0, 0.05) is 16.7 Å². The summed E-state index contributed by atoms with van der Waals surface area (Å²) < 4.78 is 11.0. The fourth-order valence-corrected chi connectivity index (χ4v) is 3.53. The van der Waals surface area contributed by atoms with E-state index in [0.717, 1.165) is 17.0 Å². The van der Waals surface area contributed by atoms with Crippen LogP contribution in [-0.4, -0.2) is 18.2 Å². The maximum absolute atomic E-state index is 12.2. The first-order chi connectivity index (χ1) is 13.6. The number of rotatable bonds is 4. The Labute approximate surface area is 171 Å². The summed E-state index contributed by atoms with van der Waals surface area (Å²) in [5.74, 6) is 1.84. The molecule has 5 nitrogen and oxygen atoms in total. The largest absolute Gasteiger partial charge is 0.497 e. The minimum atomic E-state index is -0.207. The van der Waals surface area contributed by atoms with Gasteiger partial charge in [0.15, 0.2) is 5.17 Å². The van der Waals surface area contributed by atoms with E-state index in [4.69, 9.17) is 20.8 Å². The Morgan fingerprint density at radius 3 is 2.54 bits per heavy atom. The molecule has 3 aromatic rings. The number of hydrogen-bond acceptors (Lipinski definition) is 5. The van der Waals surface area contributed by atoms with Crippen LogP contribution in [0.3, 0.4) is 0 Å². The van der Waals surface area contributed by atoms with Gasteiger partial charge in [-0.3, -0.25) is 4.79 Å². The number of methoxy groups -OCH3 is 1. The van der Waals surface area contributed by atoms with Crippen LogP contribution >= 0.6 is 23.4 Å². The van der Waals surface area contributed by atoms with Crippen molar-refractivity contribution < 1.29 is 13.9 Å². The zero-order valence-electron chi connectivity index (χ0n) is 14.8. The highest BCUT2D eigenvalue weighted by Gasteiger charge is 2.24. The maximum Gasteiger partial charge on any atom is 0.264 e. The molecule has 2 aromatic carbocycles. The molecule has 0 bridgehead atoms. The lowest BCUT2D eigenvalue weighted by Gasteiger charge is -1.99. The number of thioether (sulfide) groups is 1. The molecule has 140 valence electrons. The fourth-order valence-electron chi connectivity index (χ4n) is 2.58. The van der Waals surface area contributed by atoms with E-state index < -0.39 is 0 Å². The number of nitrogens with zero attached hydrogens (tertiary/aromatic N) is 1. The van der Waals surface area contributed by atoms with Crippen molar-refractivity contribution >= 4 is 46.2 Å². The van der Waals surface area contributed by atoms with Gasteiger partial charge in [-0.25, -0.2) is 4.99 Å². The van der Waals surface area contributed by atoms with E-state index in [-0.39, 0.29) is 5.91 Å². The van der Waals surface area contributed by atoms with E-state index in [0.29, 0.717) is 26.6 Å². The van der Waals surface area contributed by atoms with Crippen molar-refractivity contribution in [2.24, 2.45) is 4.99 Å². The van der Waals surface area contributed by atoms with Crippen LogP contribution in [-0.2, 0) is 4.79 Å². The van der Waals surface area contributed by atoms with Crippen LogP contribution in [0.1, 0.15) is 5.76 Å². The van der Waals surface area contributed by atoms with E-state index in [2.05, 4.69) is 10.3 Å². The Hall–Kier alpha value is -2.96. The fraction of sp³-hybridized carbons (Fsp3) is 0.0476. The smallest absolute Gasteiger partial charge is 0.264 e. The maximum atomic E-state index is 12.2. The van der Waals surface area contributed by atoms with Gasteiger partial charge in [-0.15, -0.1) is 0 Å². The van der Waals surface area contributed by atoms with Crippen molar-refractivity contribution in [1.82, 2.24) is 5.32 Å². The molecule has 1 aliphatic rings. The molecule has 4 rings (SSSR count). The predicted octanol–water partition coefficient (Wildman–Crippen LogP) is 5.50. The van der Waals surface area contributed by atoms with Crippen molar-refractivity contribution in [1.29, 1.82) is 0 Å². The molecule has 1 aliphatic heterocycles. The first kappa shape index (κ1) is 18.4. The average molecular weight is 411 g/mol.